The van der Waals surface area contributed by atoms with Gasteiger partial charge in [-0.05, 0) is 37.3 Å². The second kappa shape index (κ2) is 14.2. The molecule has 0 aliphatic rings. The third kappa shape index (κ3) is 9.20. The quantitative estimate of drug-likeness (QED) is 0.148. The summed E-state index contributed by atoms with van der Waals surface area (Å²) in [5.41, 5.74) is 3.07. The highest BCUT2D eigenvalue weighted by atomic mass is 32.2. The Morgan fingerprint density at radius 1 is 0.857 bits per heavy atom. The van der Waals surface area contributed by atoms with Gasteiger partial charge in [-0.25, -0.2) is 22.9 Å². The molecule has 0 atom stereocenters. The number of hydrogen-bond donors (Lipinski definition) is 4. The number of pyridine rings is 1. The van der Waals surface area contributed by atoms with E-state index in [1.807, 2.05) is 61.5 Å². The molecule has 0 aliphatic carbocycles. The molecule has 49 heavy (non-hydrogen) atoms. The minimum atomic E-state index is -3.52. The van der Waals surface area contributed by atoms with Gasteiger partial charge < -0.3 is 20.7 Å². The molecule has 4 N–H and O–H groups in total. The van der Waals surface area contributed by atoms with Gasteiger partial charge in [-0.15, -0.1) is 0 Å². The molecule has 254 valence electrons. The van der Waals surface area contributed by atoms with E-state index in [0.717, 1.165) is 34.0 Å². The topological polar surface area (TPSA) is 173 Å². The van der Waals surface area contributed by atoms with Crippen LogP contribution in [0.25, 0.3) is 16.5 Å². The van der Waals surface area contributed by atoms with Crippen LogP contribution in [0.15, 0.2) is 85.1 Å². The van der Waals surface area contributed by atoms with Crippen LogP contribution in [0.4, 0.5) is 22.1 Å². The molecule has 0 aliphatic heterocycles. The van der Waals surface area contributed by atoms with Crippen molar-refractivity contribution >= 4 is 55.8 Å². The van der Waals surface area contributed by atoms with E-state index in [0.29, 0.717) is 23.0 Å². The van der Waals surface area contributed by atoms with Crippen molar-refractivity contribution in [3.8, 4) is 17.2 Å². The number of urea groups is 1. The van der Waals surface area contributed by atoms with Crippen LogP contribution in [0.2, 0.25) is 0 Å². The first-order valence-corrected chi connectivity index (χ1v) is 17.4. The molecule has 3 aromatic carbocycles. The number of benzene rings is 3. The smallest absolute Gasteiger partial charge is 0.324 e. The van der Waals surface area contributed by atoms with Crippen molar-refractivity contribution < 1.29 is 27.5 Å². The van der Waals surface area contributed by atoms with E-state index in [1.54, 1.807) is 22.9 Å². The van der Waals surface area contributed by atoms with Crippen molar-refractivity contribution in [2.24, 2.45) is 0 Å². The highest BCUT2D eigenvalue weighted by Gasteiger charge is 2.22. The van der Waals surface area contributed by atoms with Gasteiger partial charge >= 0.3 is 6.03 Å². The van der Waals surface area contributed by atoms with E-state index in [-0.39, 0.29) is 11.2 Å². The second-order valence-corrected chi connectivity index (χ2v) is 14.7. The van der Waals surface area contributed by atoms with Crippen molar-refractivity contribution in [3.05, 3.63) is 96.3 Å². The predicted molar refractivity (Wildman–Crippen MR) is 189 cm³/mol. The lowest BCUT2D eigenvalue weighted by molar-refractivity contribution is -0.122. The summed E-state index contributed by atoms with van der Waals surface area (Å²) >= 11 is 0. The van der Waals surface area contributed by atoms with Crippen molar-refractivity contribution in [1.29, 1.82) is 0 Å². The third-order valence-corrected chi connectivity index (χ3v) is 7.98. The van der Waals surface area contributed by atoms with Crippen LogP contribution in [-0.4, -0.2) is 59.6 Å². The summed E-state index contributed by atoms with van der Waals surface area (Å²) in [5.74, 6) is -0.548. The number of nitrogens with zero attached hydrogens (tertiary/aromatic N) is 3. The predicted octanol–water partition coefficient (Wildman–Crippen LogP) is 5.56. The van der Waals surface area contributed by atoms with E-state index in [2.05, 4.69) is 47.0 Å². The fraction of sp³-hybridized carbons (Fsp3) is 0.229. The fourth-order valence-corrected chi connectivity index (χ4v) is 5.36. The van der Waals surface area contributed by atoms with E-state index in [1.165, 1.54) is 12.3 Å². The van der Waals surface area contributed by atoms with Crippen molar-refractivity contribution in [2.75, 3.05) is 34.5 Å². The van der Waals surface area contributed by atoms with Crippen molar-refractivity contribution in [3.63, 3.8) is 0 Å². The minimum absolute atomic E-state index is 0.165. The van der Waals surface area contributed by atoms with Crippen LogP contribution in [0, 0.1) is 6.92 Å². The van der Waals surface area contributed by atoms with Crippen LogP contribution in [0.3, 0.4) is 0 Å². The number of nitrogens with one attached hydrogen (secondary N) is 4. The molecule has 0 saturated heterocycles. The number of hydrogen-bond acceptors (Lipinski definition) is 8. The molecule has 0 unspecified atom stereocenters. The van der Waals surface area contributed by atoms with Crippen LogP contribution >= 0.6 is 0 Å². The lowest BCUT2D eigenvalue weighted by Crippen LogP contribution is -2.36. The van der Waals surface area contributed by atoms with Gasteiger partial charge in [-0.2, -0.15) is 5.10 Å². The Balaban J connectivity index is 1.30. The Labute approximate surface area is 284 Å². The average Bonchev–Trinajstić information content (AvgIpc) is 3.45. The molecule has 5 rings (SSSR count). The van der Waals surface area contributed by atoms with E-state index >= 15 is 0 Å². The van der Waals surface area contributed by atoms with Crippen LogP contribution in [0.1, 0.15) is 32.0 Å². The number of carbonyl (C=O) groups is 3. The fourth-order valence-electron chi connectivity index (χ4n) is 4.78. The molecular weight excluding hydrogens is 646 g/mol. The molecule has 0 saturated carbocycles. The number of rotatable bonds is 10. The first-order chi connectivity index (χ1) is 23.1. The maximum absolute atomic E-state index is 13.4. The molecule has 0 radical (unpaired) electrons. The number of amides is 4. The van der Waals surface area contributed by atoms with Crippen molar-refractivity contribution in [2.45, 2.75) is 33.1 Å². The number of anilines is 3. The summed E-state index contributed by atoms with van der Waals surface area (Å²) in [6, 6.07) is 23.3. The first kappa shape index (κ1) is 34.6. The van der Waals surface area contributed by atoms with Crippen LogP contribution in [0.5, 0.6) is 11.5 Å². The number of aromatic nitrogens is 3. The zero-order chi connectivity index (χ0) is 35.3. The normalized spacial score (nSPS) is 11.5. The molecule has 5 aromatic rings. The third-order valence-electron chi connectivity index (χ3n) is 7.20. The van der Waals surface area contributed by atoms with Gasteiger partial charge in [-0.1, -0.05) is 62.7 Å². The van der Waals surface area contributed by atoms with E-state index in [4.69, 9.17) is 9.84 Å². The maximum Gasteiger partial charge on any atom is 0.324 e. The lowest BCUT2D eigenvalue weighted by atomic mass is 9.92. The van der Waals surface area contributed by atoms with Gasteiger partial charge in [0.1, 0.15) is 28.9 Å². The zero-order valence-corrected chi connectivity index (χ0v) is 28.5. The van der Waals surface area contributed by atoms with Gasteiger partial charge in [0.2, 0.25) is 11.8 Å². The zero-order valence-electron chi connectivity index (χ0n) is 27.7. The highest BCUT2D eigenvalue weighted by molar-refractivity contribution is 7.91. The number of sulfone groups is 1. The number of carbonyl (C=O) groups excluding carboxylic acids is 3. The minimum Gasteiger partial charge on any atom is -0.457 e. The van der Waals surface area contributed by atoms with Crippen molar-refractivity contribution in [1.82, 2.24) is 20.1 Å². The van der Waals surface area contributed by atoms with Gasteiger partial charge in [0.15, 0.2) is 9.84 Å². The number of fused-ring (bicyclic) bond motifs is 1. The summed E-state index contributed by atoms with van der Waals surface area (Å²) in [5, 5.41) is 16.9. The summed E-state index contributed by atoms with van der Waals surface area (Å²) in [4.78, 5) is 41.5. The Kier molecular flexibility index (Phi) is 9.99. The van der Waals surface area contributed by atoms with Gasteiger partial charge in [0.05, 0.1) is 23.6 Å². The van der Waals surface area contributed by atoms with Crippen LogP contribution < -0.4 is 26.0 Å². The average molecular weight is 684 g/mol. The monoisotopic (exact) mass is 683 g/mol. The van der Waals surface area contributed by atoms with E-state index < -0.39 is 40.0 Å². The first-order valence-electron chi connectivity index (χ1n) is 15.3. The van der Waals surface area contributed by atoms with Gasteiger partial charge in [0.25, 0.3) is 0 Å². The molecule has 0 fully saturated rings. The Morgan fingerprint density at radius 2 is 1.57 bits per heavy atom. The highest BCUT2D eigenvalue weighted by Crippen LogP contribution is 2.35. The number of ether oxygens (including phenoxy) is 1. The SMILES string of the molecule is Cc1ccc(-n2nc(C(C)(C)C)cc2NC(=O)Nc2ccc(Oc3ccnc(NC(=O)CNC(=O)CS(C)(=O)=O)c3)c3ccccc23)cc1. The molecule has 0 spiro atoms. The summed E-state index contributed by atoms with van der Waals surface area (Å²) in [6.07, 6.45) is 2.38. The summed E-state index contributed by atoms with van der Waals surface area (Å²) < 4.78 is 30.4. The number of aryl methyl sites for hydroxylation is 1. The van der Waals surface area contributed by atoms with Crippen LogP contribution in [-0.2, 0) is 24.8 Å². The maximum atomic E-state index is 13.4. The molecule has 14 heteroatoms. The Hall–Kier alpha value is -5.76. The molecule has 4 amide bonds. The molecule has 2 aromatic heterocycles. The van der Waals surface area contributed by atoms with E-state index in [9.17, 15) is 22.8 Å². The van der Waals surface area contributed by atoms with Gasteiger partial charge in [0, 0.05) is 40.8 Å². The molecule has 2 heterocycles. The molecule has 0 bridgehead atoms. The molecule has 13 nitrogen and oxygen atoms in total. The largest absolute Gasteiger partial charge is 0.457 e. The second-order valence-electron chi connectivity index (χ2n) is 12.5. The summed E-state index contributed by atoms with van der Waals surface area (Å²) in [6.45, 7) is 7.76. The Bertz CT molecular complexity index is 2140. The molecular formula is C35H37N7O6S. The standard InChI is InChI=1S/C35H37N7O6S/c1-22-10-12-23(13-11-22)42-31(19-29(41-42)35(2,3)4)40-34(45)38-27-14-15-28(26-9-7-6-8-25(26)27)48-24-16-17-36-30(18-24)39-32(43)20-37-33(44)21-49(5,46)47/h6-19H,20-21H2,1-5H3,(H,37,44)(H,36,39,43)(H2,38,40,45). The summed E-state index contributed by atoms with van der Waals surface area (Å²) in [7, 11) is -3.52. The lowest BCUT2D eigenvalue weighted by Gasteiger charge is -2.15. The van der Waals surface area contributed by atoms with Gasteiger partial charge in [-0.3, -0.25) is 14.9 Å². The Morgan fingerprint density at radius 3 is 2.27 bits per heavy atom.